The maximum atomic E-state index is 5.71. The summed E-state index contributed by atoms with van der Waals surface area (Å²) >= 11 is 0. The van der Waals surface area contributed by atoms with E-state index in [1.54, 1.807) is 13.2 Å². The van der Waals surface area contributed by atoms with Gasteiger partial charge in [-0.3, -0.25) is 9.67 Å². The number of nitrogens with one attached hydrogen (secondary N) is 2. The molecule has 0 bridgehead atoms. The Hall–Kier alpha value is -0.870. The molecule has 1 aromatic rings. The molecule has 2 heterocycles. The summed E-state index contributed by atoms with van der Waals surface area (Å²) in [7, 11) is 1.77. The van der Waals surface area contributed by atoms with Crippen LogP contribution in [0.2, 0.25) is 0 Å². The maximum Gasteiger partial charge on any atom is 0.191 e. The number of nitrogens with zero attached hydrogens (tertiary/aromatic N) is 3. The minimum Gasteiger partial charge on any atom is -0.379 e. The fourth-order valence-corrected chi connectivity index (χ4v) is 2.12. The van der Waals surface area contributed by atoms with Crippen LogP contribution in [0.15, 0.2) is 23.5 Å². The summed E-state index contributed by atoms with van der Waals surface area (Å²) < 4.78 is 12.9. The van der Waals surface area contributed by atoms with E-state index in [2.05, 4.69) is 20.7 Å². The molecule has 0 spiro atoms. The van der Waals surface area contributed by atoms with Crippen LogP contribution in [0.1, 0.15) is 12.8 Å². The van der Waals surface area contributed by atoms with Gasteiger partial charge in [-0.05, 0) is 18.9 Å². The first kappa shape index (κ1) is 19.2. The molecule has 126 valence electrons. The Morgan fingerprint density at radius 1 is 1.45 bits per heavy atom. The van der Waals surface area contributed by atoms with Gasteiger partial charge < -0.3 is 20.1 Å². The summed E-state index contributed by atoms with van der Waals surface area (Å²) in [5.74, 6) is 0.811. The Labute approximate surface area is 148 Å². The molecule has 1 fully saturated rings. The number of guanidine groups is 1. The summed E-state index contributed by atoms with van der Waals surface area (Å²) in [6, 6.07) is 1.92. The van der Waals surface area contributed by atoms with Crippen LogP contribution in [0.3, 0.4) is 0 Å². The molecule has 1 atom stereocenters. The van der Waals surface area contributed by atoms with Crippen LogP contribution >= 0.6 is 24.0 Å². The zero-order valence-corrected chi connectivity index (χ0v) is 15.4. The van der Waals surface area contributed by atoms with Gasteiger partial charge in [0.25, 0.3) is 0 Å². The highest BCUT2D eigenvalue weighted by Crippen LogP contribution is 2.07. The van der Waals surface area contributed by atoms with Gasteiger partial charge in [-0.1, -0.05) is 0 Å². The number of halogens is 1. The van der Waals surface area contributed by atoms with Crippen molar-refractivity contribution >= 4 is 29.9 Å². The number of hydrogen-bond donors (Lipinski definition) is 2. The molecule has 2 N–H and O–H groups in total. The van der Waals surface area contributed by atoms with Gasteiger partial charge in [0.2, 0.25) is 0 Å². The van der Waals surface area contributed by atoms with Crippen molar-refractivity contribution in [1.82, 2.24) is 20.4 Å². The molecule has 1 saturated heterocycles. The smallest absolute Gasteiger partial charge is 0.191 e. The maximum absolute atomic E-state index is 5.71. The number of aliphatic imine (C=N–C) groups is 1. The fraction of sp³-hybridized carbons (Fsp3) is 0.714. The van der Waals surface area contributed by atoms with Crippen LogP contribution < -0.4 is 10.6 Å². The Kier molecular flexibility index (Phi) is 10.2. The van der Waals surface area contributed by atoms with Gasteiger partial charge in [-0.15, -0.1) is 24.0 Å². The molecule has 0 aliphatic carbocycles. The molecular formula is C14H26IN5O2. The van der Waals surface area contributed by atoms with E-state index in [0.717, 1.165) is 58.3 Å². The number of rotatable bonds is 8. The average Bonchev–Trinajstić information content (AvgIpc) is 3.18. The number of hydrogen-bond acceptors (Lipinski definition) is 4. The molecule has 1 aliphatic heterocycles. The van der Waals surface area contributed by atoms with Gasteiger partial charge in [0.05, 0.1) is 19.3 Å². The van der Waals surface area contributed by atoms with Gasteiger partial charge in [0.15, 0.2) is 5.96 Å². The lowest BCUT2D eigenvalue weighted by Crippen LogP contribution is -2.39. The quantitative estimate of drug-likeness (QED) is 0.281. The summed E-state index contributed by atoms with van der Waals surface area (Å²) in [5, 5.41) is 10.7. The highest BCUT2D eigenvalue weighted by Gasteiger charge is 2.15. The van der Waals surface area contributed by atoms with Crippen LogP contribution in [-0.2, 0) is 16.0 Å². The standard InChI is InChI=1S/C14H25N5O2.HI/c1-15-14(17-7-9-19-8-2-6-18-19)16-5-3-10-21-13-4-11-20-12-13;/h2,6,8,13H,3-5,7,9-12H2,1H3,(H2,15,16,17);1H. The normalized spacial score (nSPS) is 18.0. The van der Waals surface area contributed by atoms with Gasteiger partial charge >= 0.3 is 0 Å². The Balaban J connectivity index is 0.00000242. The van der Waals surface area contributed by atoms with Crippen molar-refractivity contribution in [2.24, 2.45) is 4.99 Å². The van der Waals surface area contributed by atoms with Gasteiger partial charge in [-0.25, -0.2) is 0 Å². The van der Waals surface area contributed by atoms with Crippen molar-refractivity contribution in [3.63, 3.8) is 0 Å². The lowest BCUT2D eigenvalue weighted by Gasteiger charge is -2.13. The molecule has 0 radical (unpaired) electrons. The predicted octanol–water partition coefficient (Wildman–Crippen LogP) is 0.862. The molecule has 0 aromatic carbocycles. The third-order valence-electron chi connectivity index (χ3n) is 3.27. The molecule has 0 amide bonds. The van der Waals surface area contributed by atoms with Gasteiger partial charge in [0, 0.05) is 45.7 Å². The van der Waals surface area contributed by atoms with Crippen molar-refractivity contribution in [2.75, 3.05) is 40.0 Å². The minimum absolute atomic E-state index is 0. The summed E-state index contributed by atoms with van der Waals surface area (Å²) in [4.78, 5) is 4.19. The van der Waals surface area contributed by atoms with E-state index in [-0.39, 0.29) is 30.1 Å². The zero-order valence-electron chi connectivity index (χ0n) is 13.0. The third-order valence-corrected chi connectivity index (χ3v) is 3.27. The van der Waals surface area contributed by atoms with Crippen molar-refractivity contribution in [1.29, 1.82) is 0 Å². The van der Waals surface area contributed by atoms with Crippen molar-refractivity contribution in [2.45, 2.75) is 25.5 Å². The van der Waals surface area contributed by atoms with E-state index in [4.69, 9.17) is 9.47 Å². The Morgan fingerprint density at radius 2 is 2.32 bits per heavy atom. The Morgan fingerprint density at radius 3 is 3.00 bits per heavy atom. The molecule has 1 aromatic heterocycles. The predicted molar refractivity (Wildman–Crippen MR) is 96.8 cm³/mol. The lowest BCUT2D eigenvalue weighted by atomic mass is 10.3. The second-order valence-electron chi connectivity index (χ2n) is 4.90. The summed E-state index contributed by atoms with van der Waals surface area (Å²) in [6.45, 7) is 4.77. The van der Waals surface area contributed by atoms with Crippen LogP contribution in [0.5, 0.6) is 0 Å². The first-order valence-electron chi connectivity index (χ1n) is 7.50. The van der Waals surface area contributed by atoms with E-state index in [0.29, 0.717) is 0 Å². The lowest BCUT2D eigenvalue weighted by molar-refractivity contribution is 0.0420. The average molecular weight is 423 g/mol. The summed E-state index contributed by atoms with van der Waals surface area (Å²) in [6.07, 6.45) is 5.99. The van der Waals surface area contributed by atoms with Gasteiger partial charge in [-0.2, -0.15) is 5.10 Å². The topological polar surface area (TPSA) is 72.7 Å². The fourth-order valence-electron chi connectivity index (χ4n) is 2.12. The molecule has 1 unspecified atom stereocenters. The van der Waals surface area contributed by atoms with Crippen LogP contribution in [0.25, 0.3) is 0 Å². The molecule has 2 rings (SSSR count). The highest BCUT2D eigenvalue weighted by atomic mass is 127. The first-order chi connectivity index (χ1) is 10.4. The number of ether oxygens (including phenoxy) is 2. The first-order valence-corrected chi connectivity index (χ1v) is 7.50. The Bertz CT molecular complexity index is 407. The molecule has 8 heteroatoms. The van der Waals surface area contributed by atoms with Crippen LogP contribution in [0, 0.1) is 0 Å². The molecule has 22 heavy (non-hydrogen) atoms. The molecule has 7 nitrogen and oxygen atoms in total. The van der Waals surface area contributed by atoms with Crippen LogP contribution in [0.4, 0.5) is 0 Å². The number of aromatic nitrogens is 2. The second-order valence-corrected chi connectivity index (χ2v) is 4.90. The van der Waals surface area contributed by atoms with E-state index in [1.807, 2.05) is 16.9 Å². The van der Waals surface area contributed by atoms with Gasteiger partial charge in [0.1, 0.15) is 0 Å². The SMILES string of the molecule is CN=C(NCCCOC1CCOC1)NCCn1cccn1.I. The highest BCUT2D eigenvalue weighted by molar-refractivity contribution is 14.0. The molecular weight excluding hydrogens is 397 g/mol. The van der Waals surface area contributed by atoms with Crippen LogP contribution in [-0.4, -0.2) is 61.8 Å². The van der Waals surface area contributed by atoms with E-state index in [1.165, 1.54) is 0 Å². The molecule has 0 saturated carbocycles. The largest absolute Gasteiger partial charge is 0.379 e. The van der Waals surface area contributed by atoms with Crippen molar-refractivity contribution in [3.8, 4) is 0 Å². The monoisotopic (exact) mass is 423 g/mol. The summed E-state index contributed by atoms with van der Waals surface area (Å²) in [5.41, 5.74) is 0. The minimum atomic E-state index is 0. The zero-order chi connectivity index (χ0) is 14.8. The second kappa shape index (κ2) is 11.7. The van der Waals surface area contributed by atoms with Crippen molar-refractivity contribution < 1.29 is 9.47 Å². The van der Waals surface area contributed by atoms with E-state index in [9.17, 15) is 0 Å². The third kappa shape index (κ3) is 7.41. The van der Waals surface area contributed by atoms with E-state index < -0.39 is 0 Å². The molecule has 1 aliphatic rings. The van der Waals surface area contributed by atoms with E-state index >= 15 is 0 Å². The van der Waals surface area contributed by atoms with Crippen molar-refractivity contribution in [3.05, 3.63) is 18.5 Å².